The van der Waals surface area contributed by atoms with E-state index in [1.165, 1.54) is 25.9 Å². The van der Waals surface area contributed by atoms with Gasteiger partial charge in [0.25, 0.3) is 5.91 Å². The molecule has 1 aromatic carbocycles. The third-order valence-corrected chi connectivity index (χ3v) is 5.98. The highest BCUT2D eigenvalue weighted by molar-refractivity contribution is 5.95. The molecule has 1 unspecified atom stereocenters. The molecule has 0 spiro atoms. The van der Waals surface area contributed by atoms with E-state index in [0.29, 0.717) is 37.7 Å². The van der Waals surface area contributed by atoms with Crippen LogP contribution < -0.4 is 10.2 Å². The number of likely N-dealkylation sites (tertiary alicyclic amines) is 1. The molecule has 4 rings (SSSR count). The van der Waals surface area contributed by atoms with E-state index in [2.05, 4.69) is 22.2 Å². The lowest BCUT2D eigenvalue weighted by Gasteiger charge is -2.27. The van der Waals surface area contributed by atoms with Gasteiger partial charge in [-0.25, -0.2) is 4.68 Å². The first-order valence-corrected chi connectivity index (χ1v) is 10.6. The molecule has 1 N–H and O–H groups in total. The van der Waals surface area contributed by atoms with Crippen LogP contribution in [-0.4, -0.2) is 52.2 Å². The normalized spacial score (nSPS) is 18.0. The SMILES string of the molecule is CC(CCNC(=O)c1ccc(CN2C(=O)CCn3nccc32)cc1)N1CCCC1. The van der Waals surface area contributed by atoms with Gasteiger partial charge >= 0.3 is 0 Å². The number of amides is 2. The van der Waals surface area contributed by atoms with Crippen molar-refractivity contribution in [2.75, 3.05) is 24.5 Å². The summed E-state index contributed by atoms with van der Waals surface area (Å²) in [7, 11) is 0. The summed E-state index contributed by atoms with van der Waals surface area (Å²) in [5.74, 6) is 0.888. The van der Waals surface area contributed by atoms with Crippen molar-refractivity contribution in [3.63, 3.8) is 0 Å². The number of rotatable bonds is 7. The predicted octanol–water partition coefficient (Wildman–Crippen LogP) is 2.42. The van der Waals surface area contributed by atoms with Gasteiger partial charge in [0, 0.05) is 30.6 Å². The van der Waals surface area contributed by atoms with Gasteiger partial charge in [-0.15, -0.1) is 0 Å². The minimum Gasteiger partial charge on any atom is -0.352 e. The van der Waals surface area contributed by atoms with E-state index in [0.717, 1.165) is 17.8 Å². The highest BCUT2D eigenvalue weighted by atomic mass is 16.2. The van der Waals surface area contributed by atoms with Crippen LogP contribution in [0, 0.1) is 0 Å². The molecular formula is C22H29N5O2. The number of hydrogen-bond acceptors (Lipinski definition) is 4. The molecule has 0 bridgehead atoms. The zero-order valence-electron chi connectivity index (χ0n) is 17.0. The monoisotopic (exact) mass is 395 g/mol. The molecule has 0 saturated carbocycles. The van der Waals surface area contributed by atoms with E-state index in [1.54, 1.807) is 11.1 Å². The molecule has 29 heavy (non-hydrogen) atoms. The molecule has 2 aliphatic heterocycles. The average Bonchev–Trinajstić information content (AvgIpc) is 3.42. The smallest absolute Gasteiger partial charge is 0.251 e. The molecule has 1 saturated heterocycles. The quantitative estimate of drug-likeness (QED) is 0.782. The van der Waals surface area contributed by atoms with Crippen LogP contribution in [0.3, 0.4) is 0 Å². The third kappa shape index (κ3) is 4.50. The van der Waals surface area contributed by atoms with Gasteiger partial charge in [0.05, 0.1) is 19.3 Å². The van der Waals surface area contributed by atoms with Crippen molar-refractivity contribution < 1.29 is 9.59 Å². The van der Waals surface area contributed by atoms with E-state index >= 15 is 0 Å². The third-order valence-electron chi connectivity index (χ3n) is 5.98. The van der Waals surface area contributed by atoms with Gasteiger partial charge in [0.2, 0.25) is 5.91 Å². The number of nitrogens with zero attached hydrogens (tertiary/aromatic N) is 4. The first kappa shape index (κ1) is 19.6. The molecule has 154 valence electrons. The Kier molecular flexibility index (Phi) is 5.94. The lowest BCUT2D eigenvalue weighted by atomic mass is 10.1. The van der Waals surface area contributed by atoms with Crippen LogP contribution in [0.15, 0.2) is 36.5 Å². The second-order valence-corrected chi connectivity index (χ2v) is 7.98. The Labute approximate surface area is 171 Å². The fraction of sp³-hybridized carbons (Fsp3) is 0.500. The number of anilines is 1. The van der Waals surface area contributed by atoms with E-state index in [4.69, 9.17) is 0 Å². The summed E-state index contributed by atoms with van der Waals surface area (Å²) in [4.78, 5) is 29.0. The zero-order valence-corrected chi connectivity index (χ0v) is 17.0. The highest BCUT2D eigenvalue weighted by Gasteiger charge is 2.24. The fourth-order valence-corrected chi connectivity index (χ4v) is 4.17. The predicted molar refractivity (Wildman–Crippen MR) is 112 cm³/mol. The van der Waals surface area contributed by atoms with Gasteiger partial charge in [-0.2, -0.15) is 5.10 Å². The second kappa shape index (κ2) is 8.78. The Morgan fingerprint density at radius 3 is 2.66 bits per heavy atom. The van der Waals surface area contributed by atoms with Crippen molar-refractivity contribution in [2.24, 2.45) is 0 Å². The van der Waals surface area contributed by atoms with Gasteiger partial charge in [0.1, 0.15) is 5.82 Å². The van der Waals surface area contributed by atoms with Gasteiger partial charge < -0.3 is 10.2 Å². The molecule has 7 heteroatoms. The van der Waals surface area contributed by atoms with Crippen LogP contribution in [0.25, 0.3) is 0 Å². The summed E-state index contributed by atoms with van der Waals surface area (Å²) in [5, 5.41) is 7.28. The van der Waals surface area contributed by atoms with E-state index in [1.807, 2.05) is 35.0 Å². The number of fused-ring (bicyclic) bond motifs is 1. The van der Waals surface area contributed by atoms with Crippen molar-refractivity contribution >= 4 is 17.6 Å². The molecule has 7 nitrogen and oxygen atoms in total. The van der Waals surface area contributed by atoms with Gasteiger partial charge in [-0.05, 0) is 57.0 Å². The molecule has 1 atom stereocenters. The number of nitrogens with one attached hydrogen (secondary N) is 1. The summed E-state index contributed by atoms with van der Waals surface area (Å²) in [6.45, 7) is 6.39. The summed E-state index contributed by atoms with van der Waals surface area (Å²) in [6.07, 6.45) is 5.72. The lowest BCUT2D eigenvalue weighted by Crippen LogP contribution is -2.37. The number of carbonyl (C=O) groups excluding carboxylic acids is 2. The van der Waals surface area contributed by atoms with Crippen LogP contribution >= 0.6 is 0 Å². The van der Waals surface area contributed by atoms with Crippen LogP contribution in [-0.2, 0) is 17.9 Å². The fourth-order valence-electron chi connectivity index (χ4n) is 4.17. The summed E-state index contributed by atoms with van der Waals surface area (Å²) < 4.78 is 1.85. The van der Waals surface area contributed by atoms with Crippen molar-refractivity contribution in [2.45, 2.75) is 51.7 Å². The van der Waals surface area contributed by atoms with E-state index in [9.17, 15) is 9.59 Å². The summed E-state index contributed by atoms with van der Waals surface area (Å²) in [5.41, 5.74) is 1.64. The maximum atomic E-state index is 12.4. The van der Waals surface area contributed by atoms with Gasteiger partial charge in [-0.1, -0.05) is 12.1 Å². The van der Waals surface area contributed by atoms with E-state index < -0.39 is 0 Å². The minimum absolute atomic E-state index is 0.0442. The van der Waals surface area contributed by atoms with Crippen LogP contribution in [0.2, 0.25) is 0 Å². The van der Waals surface area contributed by atoms with Crippen molar-refractivity contribution in [1.29, 1.82) is 0 Å². The molecule has 0 aliphatic carbocycles. The van der Waals surface area contributed by atoms with Crippen LogP contribution in [0.1, 0.15) is 48.5 Å². The Morgan fingerprint density at radius 1 is 1.14 bits per heavy atom. The molecule has 2 aliphatic rings. The maximum absolute atomic E-state index is 12.4. The first-order chi connectivity index (χ1) is 14.1. The minimum atomic E-state index is -0.0442. The molecule has 1 fully saturated rings. The largest absolute Gasteiger partial charge is 0.352 e. The Bertz CT molecular complexity index is 854. The number of benzene rings is 1. The number of aryl methyl sites for hydroxylation is 1. The molecule has 2 aromatic rings. The van der Waals surface area contributed by atoms with Crippen LogP contribution in [0.5, 0.6) is 0 Å². The molecule has 2 amide bonds. The van der Waals surface area contributed by atoms with E-state index in [-0.39, 0.29) is 11.8 Å². The number of carbonyl (C=O) groups is 2. The van der Waals surface area contributed by atoms with Crippen LogP contribution in [0.4, 0.5) is 5.82 Å². The van der Waals surface area contributed by atoms with Gasteiger partial charge in [0.15, 0.2) is 0 Å². The van der Waals surface area contributed by atoms with Crippen molar-refractivity contribution in [3.05, 3.63) is 47.7 Å². The van der Waals surface area contributed by atoms with Gasteiger partial charge in [-0.3, -0.25) is 14.5 Å². The molecule has 0 radical (unpaired) electrons. The highest BCUT2D eigenvalue weighted by Crippen LogP contribution is 2.23. The standard InChI is InChI=1S/C22H29N5O2/c1-17(25-13-2-3-14-25)8-11-23-22(29)19-6-4-18(5-7-19)16-26-20-9-12-24-27(20)15-10-21(26)28/h4-7,9,12,17H,2-3,8,10-11,13-16H2,1H3,(H,23,29). The molecule has 1 aromatic heterocycles. The molecular weight excluding hydrogens is 366 g/mol. The molecule has 3 heterocycles. The maximum Gasteiger partial charge on any atom is 0.251 e. The topological polar surface area (TPSA) is 70.5 Å². The average molecular weight is 396 g/mol. The summed E-state index contributed by atoms with van der Waals surface area (Å²) in [6, 6.07) is 9.88. The Morgan fingerprint density at radius 2 is 1.90 bits per heavy atom. The van der Waals surface area contributed by atoms with Crippen molar-refractivity contribution in [3.8, 4) is 0 Å². The van der Waals surface area contributed by atoms with Crippen molar-refractivity contribution in [1.82, 2.24) is 20.0 Å². The zero-order chi connectivity index (χ0) is 20.2. The summed E-state index contributed by atoms with van der Waals surface area (Å²) >= 11 is 0. The first-order valence-electron chi connectivity index (χ1n) is 10.6. The number of hydrogen-bond donors (Lipinski definition) is 1. The Balaban J connectivity index is 1.30. The lowest BCUT2D eigenvalue weighted by molar-refractivity contribution is -0.119. The number of aromatic nitrogens is 2. The second-order valence-electron chi connectivity index (χ2n) is 7.98. The Hall–Kier alpha value is -2.67.